The Morgan fingerprint density at radius 2 is 1.86 bits per heavy atom. The van der Waals surface area contributed by atoms with E-state index in [9.17, 15) is 13.6 Å². The summed E-state index contributed by atoms with van der Waals surface area (Å²) in [6.45, 7) is 6.88. The standard InChI is InChI=1S/C17H23F2NO/c1-4-17(3,20-10-6-5-7-11-20)16(21)14-13(18)9-8-12(2)15(14)19/h8-9H,4-7,10-11H2,1-3H3. The zero-order valence-electron chi connectivity index (χ0n) is 13.0. The van der Waals surface area contributed by atoms with Crippen LogP contribution in [0.1, 0.15) is 55.5 Å². The molecule has 1 aliphatic rings. The summed E-state index contributed by atoms with van der Waals surface area (Å²) in [6.07, 6.45) is 3.75. The molecule has 0 radical (unpaired) electrons. The Kier molecular flexibility index (Phi) is 4.77. The largest absolute Gasteiger partial charge is 0.292 e. The van der Waals surface area contributed by atoms with Crippen LogP contribution in [0.25, 0.3) is 0 Å². The molecule has 1 aromatic rings. The van der Waals surface area contributed by atoms with Gasteiger partial charge in [-0.3, -0.25) is 9.69 Å². The van der Waals surface area contributed by atoms with Crippen molar-refractivity contribution in [3.63, 3.8) is 0 Å². The number of hydrogen-bond donors (Lipinski definition) is 0. The van der Waals surface area contributed by atoms with E-state index in [0.29, 0.717) is 12.0 Å². The molecule has 0 N–H and O–H groups in total. The SMILES string of the molecule is CCC(C)(C(=O)c1c(F)ccc(C)c1F)N1CCCCC1. The van der Waals surface area contributed by atoms with Crippen molar-refractivity contribution >= 4 is 5.78 Å². The maximum atomic E-state index is 14.3. The molecule has 0 saturated carbocycles. The van der Waals surface area contributed by atoms with Crippen molar-refractivity contribution in [1.29, 1.82) is 0 Å². The number of hydrogen-bond acceptors (Lipinski definition) is 2. The van der Waals surface area contributed by atoms with E-state index in [1.54, 1.807) is 6.92 Å². The molecule has 2 rings (SSSR count). The summed E-state index contributed by atoms with van der Waals surface area (Å²) in [5.74, 6) is -1.93. The molecule has 1 saturated heterocycles. The summed E-state index contributed by atoms with van der Waals surface area (Å²) in [7, 11) is 0. The average molecular weight is 295 g/mol. The fourth-order valence-corrected chi connectivity index (χ4v) is 3.05. The zero-order valence-corrected chi connectivity index (χ0v) is 13.0. The van der Waals surface area contributed by atoms with E-state index in [-0.39, 0.29) is 5.56 Å². The first-order valence-electron chi connectivity index (χ1n) is 7.66. The van der Waals surface area contributed by atoms with Gasteiger partial charge in [-0.25, -0.2) is 8.78 Å². The molecule has 1 aliphatic heterocycles. The number of halogens is 2. The Balaban J connectivity index is 2.43. The van der Waals surface area contributed by atoms with E-state index in [2.05, 4.69) is 4.90 Å². The highest BCUT2D eigenvalue weighted by atomic mass is 19.1. The van der Waals surface area contributed by atoms with Gasteiger partial charge in [0.2, 0.25) is 0 Å². The normalized spacial score (nSPS) is 19.3. The van der Waals surface area contributed by atoms with Crippen LogP contribution in [0.2, 0.25) is 0 Å². The summed E-state index contributed by atoms with van der Waals surface area (Å²) in [6, 6.07) is 2.55. The molecule has 0 bridgehead atoms. The highest BCUT2D eigenvalue weighted by Crippen LogP contribution is 2.30. The van der Waals surface area contributed by atoms with Gasteiger partial charge in [-0.05, 0) is 57.8 Å². The van der Waals surface area contributed by atoms with Crippen LogP contribution in [0.4, 0.5) is 8.78 Å². The molecule has 1 heterocycles. The van der Waals surface area contributed by atoms with E-state index in [4.69, 9.17) is 0 Å². The molecule has 1 atom stereocenters. The van der Waals surface area contributed by atoms with Gasteiger partial charge in [0.15, 0.2) is 5.78 Å². The molecule has 21 heavy (non-hydrogen) atoms. The highest BCUT2D eigenvalue weighted by molar-refractivity contribution is 6.03. The number of ketones is 1. The third kappa shape index (κ3) is 2.86. The van der Waals surface area contributed by atoms with Gasteiger partial charge in [0.25, 0.3) is 0 Å². The second-order valence-electron chi connectivity index (χ2n) is 6.06. The van der Waals surface area contributed by atoms with Crippen molar-refractivity contribution in [2.45, 2.75) is 52.0 Å². The predicted molar refractivity (Wildman–Crippen MR) is 79.5 cm³/mol. The third-order valence-electron chi connectivity index (χ3n) is 4.74. The smallest absolute Gasteiger partial charge is 0.188 e. The van der Waals surface area contributed by atoms with Gasteiger partial charge >= 0.3 is 0 Å². The molecule has 0 amide bonds. The Labute approximate surface area is 125 Å². The van der Waals surface area contributed by atoms with Crippen LogP contribution in [0.15, 0.2) is 12.1 Å². The van der Waals surface area contributed by atoms with Gasteiger partial charge < -0.3 is 0 Å². The molecule has 0 aromatic heterocycles. The van der Waals surface area contributed by atoms with Crippen molar-refractivity contribution in [1.82, 2.24) is 4.90 Å². The molecule has 1 aromatic carbocycles. The predicted octanol–water partition coefficient (Wildman–Crippen LogP) is 4.11. The minimum atomic E-state index is -0.837. The van der Waals surface area contributed by atoms with Gasteiger partial charge in [-0.15, -0.1) is 0 Å². The monoisotopic (exact) mass is 295 g/mol. The molecule has 4 heteroatoms. The first-order chi connectivity index (χ1) is 9.91. The quantitative estimate of drug-likeness (QED) is 0.779. The van der Waals surface area contributed by atoms with Crippen LogP contribution in [0.5, 0.6) is 0 Å². The van der Waals surface area contributed by atoms with E-state index in [1.807, 2.05) is 13.8 Å². The van der Waals surface area contributed by atoms with Crippen LogP contribution in [-0.2, 0) is 0 Å². The third-order valence-corrected chi connectivity index (χ3v) is 4.74. The number of carbonyl (C=O) groups is 1. The highest BCUT2D eigenvalue weighted by Gasteiger charge is 2.41. The number of benzene rings is 1. The van der Waals surface area contributed by atoms with E-state index >= 15 is 0 Å². The van der Waals surface area contributed by atoms with Crippen LogP contribution in [0.3, 0.4) is 0 Å². The lowest BCUT2D eigenvalue weighted by Gasteiger charge is -2.42. The first-order valence-corrected chi connectivity index (χ1v) is 7.66. The van der Waals surface area contributed by atoms with Crippen molar-refractivity contribution < 1.29 is 13.6 Å². The second kappa shape index (κ2) is 6.22. The molecule has 1 fully saturated rings. The summed E-state index contributed by atoms with van der Waals surface area (Å²) in [5.41, 5.74) is -0.919. The van der Waals surface area contributed by atoms with Crippen LogP contribution < -0.4 is 0 Å². The van der Waals surface area contributed by atoms with Crippen molar-refractivity contribution in [3.8, 4) is 0 Å². The fourth-order valence-electron chi connectivity index (χ4n) is 3.05. The lowest BCUT2D eigenvalue weighted by molar-refractivity contribution is 0.0497. The number of rotatable bonds is 4. The van der Waals surface area contributed by atoms with Gasteiger partial charge in [0.1, 0.15) is 11.6 Å². The lowest BCUT2D eigenvalue weighted by Crippen LogP contribution is -2.54. The van der Waals surface area contributed by atoms with E-state index in [1.165, 1.54) is 12.1 Å². The number of Topliss-reactive ketones (excluding diaryl/α,β-unsaturated/α-hetero) is 1. The zero-order chi connectivity index (χ0) is 15.6. The molecule has 0 spiro atoms. The van der Waals surface area contributed by atoms with Crippen LogP contribution in [0, 0.1) is 18.6 Å². The lowest BCUT2D eigenvalue weighted by atomic mass is 9.84. The van der Waals surface area contributed by atoms with E-state index < -0.39 is 23.0 Å². The van der Waals surface area contributed by atoms with Gasteiger partial charge in [0, 0.05) is 0 Å². The van der Waals surface area contributed by atoms with Gasteiger partial charge in [-0.2, -0.15) is 0 Å². The number of likely N-dealkylation sites (tertiary alicyclic amines) is 1. The Bertz CT molecular complexity index is 538. The molecule has 116 valence electrons. The number of carbonyl (C=O) groups excluding carboxylic acids is 1. The van der Waals surface area contributed by atoms with Crippen molar-refractivity contribution in [2.24, 2.45) is 0 Å². The Morgan fingerprint density at radius 3 is 2.43 bits per heavy atom. The summed E-state index contributed by atoms with van der Waals surface area (Å²) >= 11 is 0. The molecule has 0 aliphatic carbocycles. The maximum Gasteiger partial charge on any atom is 0.188 e. The van der Waals surface area contributed by atoms with Crippen molar-refractivity contribution in [3.05, 3.63) is 34.9 Å². The minimum Gasteiger partial charge on any atom is -0.292 e. The van der Waals surface area contributed by atoms with Gasteiger partial charge in [0.05, 0.1) is 11.1 Å². The Morgan fingerprint density at radius 1 is 1.24 bits per heavy atom. The van der Waals surface area contributed by atoms with Crippen LogP contribution in [-0.4, -0.2) is 29.3 Å². The second-order valence-corrected chi connectivity index (χ2v) is 6.06. The summed E-state index contributed by atoms with van der Waals surface area (Å²) in [5, 5.41) is 0. The molecule has 1 unspecified atom stereocenters. The fraction of sp³-hybridized carbons (Fsp3) is 0.588. The molecular formula is C17H23F2NO. The number of aryl methyl sites for hydroxylation is 1. The summed E-state index contributed by atoms with van der Waals surface area (Å²) in [4.78, 5) is 15.0. The first kappa shape index (κ1) is 16.1. The van der Waals surface area contributed by atoms with Crippen molar-refractivity contribution in [2.75, 3.05) is 13.1 Å². The Hall–Kier alpha value is -1.29. The maximum absolute atomic E-state index is 14.3. The summed E-state index contributed by atoms with van der Waals surface area (Å²) < 4.78 is 28.3. The van der Waals surface area contributed by atoms with Gasteiger partial charge in [-0.1, -0.05) is 19.4 Å². The number of nitrogens with zero attached hydrogens (tertiary/aromatic N) is 1. The molecule has 2 nitrogen and oxygen atoms in total. The minimum absolute atomic E-state index is 0.303. The average Bonchev–Trinajstić information content (AvgIpc) is 2.51. The van der Waals surface area contributed by atoms with E-state index in [0.717, 1.165) is 32.4 Å². The number of piperidine rings is 1. The molecular weight excluding hydrogens is 272 g/mol. The topological polar surface area (TPSA) is 20.3 Å². The van der Waals surface area contributed by atoms with Crippen LogP contribution >= 0.6 is 0 Å².